The second-order valence-corrected chi connectivity index (χ2v) is 6.56. The Morgan fingerprint density at radius 2 is 2.15 bits per heavy atom. The second-order valence-electron chi connectivity index (χ2n) is 6.56. The first kappa shape index (κ1) is 16.4. The first-order valence-corrected chi connectivity index (χ1v) is 8.64. The number of furan rings is 1. The van der Waals surface area contributed by atoms with Gasteiger partial charge in [0.05, 0.1) is 23.3 Å². The van der Waals surface area contributed by atoms with E-state index in [0.29, 0.717) is 24.4 Å². The van der Waals surface area contributed by atoms with Crippen molar-refractivity contribution < 1.29 is 19.1 Å². The van der Waals surface area contributed by atoms with E-state index in [2.05, 4.69) is 14.9 Å². The third-order valence-electron chi connectivity index (χ3n) is 4.58. The van der Waals surface area contributed by atoms with Crippen LogP contribution in [-0.4, -0.2) is 28.0 Å². The van der Waals surface area contributed by atoms with Gasteiger partial charge in [0.25, 0.3) is 5.91 Å². The number of hydrogen-bond acceptors (Lipinski definition) is 5. The van der Waals surface area contributed by atoms with E-state index < -0.39 is 5.97 Å². The van der Waals surface area contributed by atoms with Gasteiger partial charge in [0, 0.05) is 19.5 Å². The Kier molecular flexibility index (Phi) is 4.20. The second kappa shape index (κ2) is 6.67. The van der Waals surface area contributed by atoms with E-state index in [9.17, 15) is 14.7 Å². The fourth-order valence-electron chi connectivity index (χ4n) is 3.04. The van der Waals surface area contributed by atoms with Crippen molar-refractivity contribution in [3.63, 3.8) is 0 Å². The smallest absolute Gasteiger partial charge is 0.286 e. The van der Waals surface area contributed by atoms with E-state index >= 15 is 0 Å². The molecule has 26 heavy (non-hydrogen) atoms. The van der Waals surface area contributed by atoms with Crippen LogP contribution in [0.25, 0.3) is 11.0 Å². The molecule has 1 aromatic carbocycles. The maximum atomic E-state index is 12.0. The van der Waals surface area contributed by atoms with E-state index in [-0.39, 0.29) is 17.2 Å². The van der Waals surface area contributed by atoms with Crippen LogP contribution in [0, 0.1) is 5.92 Å². The number of benzene rings is 1. The molecule has 2 aromatic heterocycles. The highest BCUT2D eigenvalue weighted by molar-refractivity contribution is 5.92. The summed E-state index contributed by atoms with van der Waals surface area (Å²) in [6.07, 6.45) is 4.41. The van der Waals surface area contributed by atoms with Gasteiger partial charge in [-0.05, 0) is 48.6 Å². The van der Waals surface area contributed by atoms with Gasteiger partial charge in [0.15, 0.2) is 5.76 Å². The van der Waals surface area contributed by atoms with Crippen LogP contribution in [0.5, 0.6) is 0 Å². The number of rotatable bonds is 7. The first-order chi connectivity index (χ1) is 12.6. The van der Waals surface area contributed by atoms with Crippen LogP contribution in [0.1, 0.15) is 39.6 Å². The normalized spacial score (nSPS) is 13.8. The van der Waals surface area contributed by atoms with Crippen molar-refractivity contribution in [2.24, 2.45) is 5.92 Å². The van der Waals surface area contributed by atoms with E-state index in [1.54, 1.807) is 30.3 Å². The number of carboxylic acids is 1. The van der Waals surface area contributed by atoms with Crippen molar-refractivity contribution in [1.29, 1.82) is 0 Å². The molecule has 0 bridgehead atoms. The van der Waals surface area contributed by atoms with Crippen molar-refractivity contribution in [2.75, 3.05) is 6.54 Å². The number of nitrogens with zero attached hydrogens (tertiary/aromatic N) is 2. The standard InChI is InChI=1S/C19H19N3O4/c23-18(16-2-1-9-26-16)20-8-7-17-21-14-10-13(19(24)25)5-6-15(14)22(17)11-12-3-4-12/h1-2,5-6,9-10,12H,3-4,7-8,11H2,(H,20,23)(H,24,25)/p-1. The lowest BCUT2D eigenvalue weighted by Crippen LogP contribution is -2.26. The zero-order valence-electron chi connectivity index (χ0n) is 14.1. The Bertz CT molecular complexity index is 955. The summed E-state index contributed by atoms with van der Waals surface area (Å²) in [6.45, 7) is 1.28. The Morgan fingerprint density at radius 3 is 2.85 bits per heavy atom. The average Bonchev–Trinajstić information content (AvgIpc) is 3.15. The van der Waals surface area contributed by atoms with Gasteiger partial charge < -0.3 is 24.2 Å². The van der Waals surface area contributed by atoms with Crippen molar-refractivity contribution in [3.05, 3.63) is 53.7 Å². The third kappa shape index (κ3) is 3.33. The minimum absolute atomic E-state index is 0.117. The number of carboxylic acid groups (broad SMARTS) is 1. The average molecular weight is 352 g/mol. The van der Waals surface area contributed by atoms with Crippen LogP contribution in [0.4, 0.5) is 0 Å². The molecule has 7 heteroatoms. The summed E-state index contributed by atoms with van der Waals surface area (Å²) in [5, 5.41) is 13.9. The van der Waals surface area contributed by atoms with Gasteiger partial charge in [-0.1, -0.05) is 6.07 Å². The van der Waals surface area contributed by atoms with Gasteiger partial charge in [-0.2, -0.15) is 0 Å². The molecule has 1 fully saturated rings. The zero-order valence-corrected chi connectivity index (χ0v) is 14.1. The molecule has 0 radical (unpaired) electrons. The summed E-state index contributed by atoms with van der Waals surface area (Å²) in [4.78, 5) is 27.6. The summed E-state index contributed by atoms with van der Waals surface area (Å²) in [5.41, 5.74) is 1.67. The molecule has 1 amide bonds. The maximum Gasteiger partial charge on any atom is 0.286 e. The summed E-state index contributed by atoms with van der Waals surface area (Å²) >= 11 is 0. The quantitative estimate of drug-likeness (QED) is 0.692. The molecule has 0 aliphatic heterocycles. The molecule has 134 valence electrons. The van der Waals surface area contributed by atoms with Crippen molar-refractivity contribution >= 4 is 22.9 Å². The zero-order chi connectivity index (χ0) is 18.1. The molecule has 0 unspecified atom stereocenters. The third-order valence-corrected chi connectivity index (χ3v) is 4.58. The van der Waals surface area contributed by atoms with E-state index in [1.165, 1.54) is 19.1 Å². The number of carbonyl (C=O) groups is 2. The molecule has 0 atom stereocenters. The van der Waals surface area contributed by atoms with Gasteiger partial charge in [-0.25, -0.2) is 4.98 Å². The van der Waals surface area contributed by atoms with E-state index in [4.69, 9.17) is 4.42 Å². The Labute approximate surface area is 149 Å². The number of fused-ring (bicyclic) bond motifs is 1. The molecule has 3 aromatic rings. The van der Waals surface area contributed by atoms with Crippen LogP contribution in [-0.2, 0) is 13.0 Å². The number of amides is 1. The number of imidazole rings is 1. The minimum atomic E-state index is -1.21. The molecule has 1 aliphatic carbocycles. The molecule has 7 nitrogen and oxygen atoms in total. The highest BCUT2D eigenvalue weighted by Crippen LogP contribution is 2.32. The highest BCUT2D eigenvalue weighted by atomic mass is 16.4. The topological polar surface area (TPSA) is 100 Å². The molecule has 0 spiro atoms. The van der Waals surface area contributed by atoms with Crippen molar-refractivity contribution in [3.8, 4) is 0 Å². The predicted octanol–water partition coefficient (Wildman–Crippen LogP) is 1.38. The van der Waals surface area contributed by atoms with Gasteiger partial charge in [0.2, 0.25) is 0 Å². The Balaban J connectivity index is 1.54. The van der Waals surface area contributed by atoms with E-state index in [1.807, 2.05) is 0 Å². The fourth-order valence-corrected chi connectivity index (χ4v) is 3.04. The molecule has 4 rings (SSSR count). The van der Waals surface area contributed by atoms with Gasteiger partial charge >= 0.3 is 0 Å². The summed E-state index contributed by atoms with van der Waals surface area (Å²) < 4.78 is 7.20. The summed E-state index contributed by atoms with van der Waals surface area (Å²) in [5.74, 6) is 0.275. The van der Waals surface area contributed by atoms with Crippen LogP contribution < -0.4 is 10.4 Å². The molecular formula is C19H18N3O4-. The molecule has 0 saturated heterocycles. The van der Waals surface area contributed by atoms with Crippen LogP contribution >= 0.6 is 0 Å². The molecule has 1 N–H and O–H groups in total. The fraction of sp³-hybridized carbons (Fsp3) is 0.316. The predicted molar refractivity (Wildman–Crippen MR) is 91.5 cm³/mol. The van der Waals surface area contributed by atoms with Gasteiger partial charge in [0.1, 0.15) is 5.82 Å². The number of hydrogen-bond donors (Lipinski definition) is 1. The first-order valence-electron chi connectivity index (χ1n) is 8.64. The minimum Gasteiger partial charge on any atom is -0.545 e. The number of aromatic carboxylic acids is 1. The van der Waals surface area contributed by atoms with Crippen molar-refractivity contribution in [2.45, 2.75) is 25.8 Å². The number of nitrogens with one attached hydrogen (secondary N) is 1. The molecular weight excluding hydrogens is 334 g/mol. The van der Waals surface area contributed by atoms with E-state index in [0.717, 1.165) is 17.9 Å². The highest BCUT2D eigenvalue weighted by Gasteiger charge is 2.24. The molecule has 1 saturated carbocycles. The van der Waals surface area contributed by atoms with Crippen LogP contribution in [0.15, 0.2) is 41.0 Å². The number of aromatic nitrogens is 2. The van der Waals surface area contributed by atoms with Gasteiger partial charge in [-0.15, -0.1) is 0 Å². The monoisotopic (exact) mass is 352 g/mol. The lowest BCUT2D eigenvalue weighted by atomic mass is 10.2. The lowest BCUT2D eigenvalue weighted by molar-refractivity contribution is -0.255. The maximum absolute atomic E-state index is 12.0. The summed E-state index contributed by atoms with van der Waals surface area (Å²) in [6, 6.07) is 8.14. The summed E-state index contributed by atoms with van der Waals surface area (Å²) in [7, 11) is 0. The SMILES string of the molecule is O=C([O-])c1ccc2c(c1)nc(CCNC(=O)c1ccco1)n2CC1CC1. The van der Waals surface area contributed by atoms with Crippen LogP contribution in [0.2, 0.25) is 0 Å². The largest absolute Gasteiger partial charge is 0.545 e. The van der Waals surface area contributed by atoms with Crippen molar-refractivity contribution in [1.82, 2.24) is 14.9 Å². The Morgan fingerprint density at radius 1 is 1.31 bits per heavy atom. The number of carbonyl (C=O) groups excluding carboxylic acids is 2. The van der Waals surface area contributed by atoms with Gasteiger partial charge in [-0.3, -0.25) is 4.79 Å². The Hall–Kier alpha value is -3.09. The molecule has 1 aliphatic rings. The van der Waals surface area contributed by atoms with Crippen LogP contribution in [0.3, 0.4) is 0 Å². The molecule has 2 heterocycles. The lowest BCUT2D eigenvalue weighted by Gasteiger charge is -2.09.